The van der Waals surface area contributed by atoms with Crippen LogP contribution in [-0.2, 0) is 13.0 Å². The van der Waals surface area contributed by atoms with Crippen molar-refractivity contribution in [3.63, 3.8) is 0 Å². The molecular weight excluding hydrogens is 196 g/mol. The second kappa shape index (κ2) is 4.83. The molecule has 2 atom stereocenters. The molecule has 0 saturated carbocycles. The molecule has 0 aliphatic heterocycles. The van der Waals surface area contributed by atoms with Gasteiger partial charge in [0.1, 0.15) is 0 Å². The van der Waals surface area contributed by atoms with Crippen LogP contribution in [0.5, 0.6) is 0 Å². The van der Waals surface area contributed by atoms with E-state index in [1.807, 2.05) is 13.8 Å². The number of halogens is 1. The molecule has 0 bridgehead atoms. The van der Waals surface area contributed by atoms with Crippen molar-refractivity contribution < 1.29 is 0 Å². The maximum atomic E-state index is 6.05. The third-order valence-electron chi connectivity index (χ3n) is 2.60. The standard InChI is InChI=1S/C11H19ClN2/c1-5-14-11(7-9(3)13-14)6-8(2)10(4)12/h7-8,10H,5-6H2,1-4H3. The van der Waals surface area contributed by atoms with Gasteiger partial charge in [-0.1, -0.05) is 6.92 Å². The largest absolute Gasteiger partial charge is 0.270 e. The van der Waals surface area contributed by atoms with E-state index < -0.39 is 0 Å². The van der Waals surface area contributed by atoms with Crippen LogP contribution in [-0.4, -0.2) is 15.2 Å². The molecule has 1 aromatic rings. The predicted molar refractivity (Wildman–Crippen MR) is 60.8 cm³/mol. The SMILES string of the molecule is CCn1nc(C)cc1CC(C)C(C)Cl. The molecule has 14 heavy (non-hydrogen) atoms. The maximum absolute atomic E-state index is 6.05. The Bertz CT molecular complexity index is 291. The molecule has 1 heterocycles. The molecule has 1 rings (SSSR count). The number of rotatable bonds is 4. The first-order chi connectivity index (χ1) is 6.54. The van der Waals surface area contributed by atoms with Gasteiger partial charge in [-0.3, -0.25) is 4.68 Å². The summed E-state index contributed by atoms with van der Waals surface area (Å²) in [5, 5.41) is 4.63. The summed E-state index contributed by atoms with van der Waals surface area (Å²) in [6.07, 6.45) is 1.01. The van der Waals surface area contributed by atoms with E-state index in [9.17, 15) is 0 Å². The minimum Gasteiger partial charge on any atom is -0.270 e. The molecule has 3 heteroatoms. The maximum Gasteiger partial charge on any atom is 0.0596 e. The van der Waals surface area contributed by atoms with Crippen LogP contribution in [0.1, 0.15) is 32.2 Å². The second-order valence-electron chi connectivity index (χ2n) is 3.95. The van der Waals surface area contributed by atoms with Crippen LogP contribution >= 0.6 is 11.6 Å². The van der Waals surface area contributed by atoms with Crippen molar-refractivity contribution in [2.75, 3.05) is 0 Å². The average Bonchev–Trinajstić information content (AvgIpc) is 2.45. The molecule has 0 saturated heterocycles. The monoisotopic (exact) mass is 214 g/mol. The molecule has 0 aromatic carbocycles. The van der Waals surface area contributed by atoms with Crippen molar-refractivity contribution in [2.24, 2.45) is 5.92 Å². The van der Waals surface area contributed by atoms with E-state index in [2.05, 4.69) is 29.7 Å². The van der Waals surface area contributed by atoms with E-state index in [1.165, 1.54) is 5.69 Å². The van der Waals surface area contributed by atoms with Crippen molar-refractivity contribution in [3.8, 4) is 0 Å². The minimum absolute atomic E-state index is 0.218. The molecule has 80 valence electrons. The van der Waals surface area contributed by atoms with E-state index in [1.54, 1.807) is 0 Å². The number of aromatic nitrogens is 2. The summed E-state index contributed by atoms with van der Waals surface area (Å²) in [6, 6.07) is 2.15. The fraction of sp³-hybridized carbons (Fsp3) is 0.727. The van der Waals surface area contributed by atoms with Gasteiger partial charge in [0.05, 0.1) is 5.69 Å². The van der Waals surface area contributed by atoms with Crippen LogP contribution < -0.4 is 0 Å². The number of alkyl halides is 1. The Morgan fingerprint density at radius 1 is 1.50 bits per heavy atom. The Labute approximate surface area is 91.3 Å². The van der Waals surface area contributed by atoms with E-state index in [-0.39, 0.29) is 5.38 Å². The highest BCUT2D eigenvalue weighted by Gasteiger charge is 2.13. The lowest BCUT2D eigenvalue weighted by Gasteiger charge is -2.14. The molecule has 2 nitrogen and oxygen atoms in total. The van der Waals surface area contributed by atoms with Gasteiger partial charge in [0.15, 0.2) is 0 Å². The highest BCUT2D eigenvalue weighted by atomic mass is 35.5. The minimum atomic E-state index is 0.218. The first kappa shape index (κ1) is 11.6. The summed E-state index contributed by atoms with van der Waals surface area (Å²) in [5.41, 5.74) is 2.39. The summed E-state index contributed by atoms with van der Waals surface area (Å²) in [5.74, 6) is 0.498. The Hall–Kier alpha value is -0.500. The van der Waals surface area contributed by atoms with Crippen LogP contribution in [0.25, 0.3) is 0 Å². The number of aryl methyl sites for hydroxylation is 2. The smallest absolute Gasteiger partial charge is 0.0596 e. The van der Waals surface area contributed by atoms with Crippen molar-refractivity contribution in [3.05, 3.63) is 17.5 Å². The third-order valence-corrected chi connectivity index (χ3v) is 3.03. The molecule has 0 fully saturated rings. The van der Waals surface area contributed by atoms with Gasteiger partial charge in [-0.2, -0.15) is 5.10 Å². The van der Waals surface area contributed by atoms with Crippen molar-refractivity contribution in [1.82, 2.24) is 9.78 Å². The molecule has 0 spiro atoms. The van der Waals surface area contributed by atoms with Gasteiger partial charge >= 0.3 is 0 Å². The van der Waals surface area contributed by atoms with Crippen LogP contribution in [0.3, 0.4) is 0 Å². The molecule has 2 unspecified atom stereocenters. The number of hydrogen-bond acceptors (Lipinski definition) is 1. The molecule has 0 N–H and O–H groups in total. The zero-order valence-corrected chi connectivity index (χ0v) is 10.2. The Kier molecular flexibility index (Phi) is 3.99. The van der Waals surface area contributed by atoms with E-state index in [0.29, 0.717) is 5.92 Å². The highest BCUT2D eigenvalue weighted by Crippen LogP contribution is 2.16. The van der Waals surface area contributed by atoms with Gasteiger partial charge in [-0.15, -0.1) is 11.6 Å². The van der Waals surface area contributed by atoms with Gasteiger partial charge in [0, 0.05) is 17.6 Å². The van der Waals surface area contributed by atoms with E-state index in [0.717, 1.165) is 18.7 Å². The normalized spacial score (nSPS) is 15.5. The first-order valence-electron chi connectivity index (χ1n) is 5.22. The van der Waals surface area contributed by atoms with Crippen molar-refractivity contribution in [1.29, 1.82) is 0 Å². The Balaban J connectivity index is 2.74. The molecule has 0 amide bonds. The van der Waals surface area contributed by atoms with E-state index in [4.69, 9.17) is 11.6 Å². The van der Waals surface area contributed by atoms with Gasteiger partial charge in [0.25, 0.3) is 0 Å². The summed E-state index contributed by atoms with van der Waals surface area (Å²) in [7, 11) is 0. The molecule has 0 radical (unpaired) electrons. The van der Waals surface area contributed by atoms with Crippen LogP contribution in [0.15, 0.2) is 6.07 Å². The lowest BCUT2D eigenvalue weighted by atomic mass is 10.0. The van der Waals surface area contributed by atoms with E-state index >= 15 is 0 Å². The van der Waals surface area contributed by atoms with Gasteiger partial charge < -0.3 is 0 Å². The summed E-state index contributed by atoms with van der Waals surface area (Å²) < 4.78 is 2.06. The van der Waals surface area contributed by atoms with Crippen molar-refractivity contribution in [2.45, 2.75) is 46.0 Å². The molecular formula is C11H19ClN2. The quantitative estimate of drug-likeness (QED) is 0.705. The zero-order valence-electron chi connectivity index (χ0n) is 9.42. The van der Waals surface area contributed by atoms with Crippen LogP contribution in [0.4, 0.5) is 0 Å². The lowest BCUT2D eigenvalue weighted by Crippen LogP contribution is -2.13. The van der Waals surface area contributed by atoms with Crippen molar-refractivity contribution >= 4 is 11.6 Å². The molecule has 0 aliphatic carbocycles. The number of nitrogens with zero attached hydrogens (tertiary/aromatic N) is 2. The fourth-order valence-corrected chi connectivity index (χ4v) is 1.62. The van der Waals surface area contributed by atoms with Crippen LogP contribution in [0.2, 0.25) is 0 Å². The van der Waals surface area contributed by atoms with Gasteiger partial charge in [0.2, 0.25) is 0 Å². The highest BCUT2D eigenvalue weighted by molar-refractivity contribution is 6.20. The van der Waals surface area contributed by atoms with Gasteiger partial charge in [-0.05, 0) is 39.2 Å². The molecule has 0 aliphatic rings. The Morgan fingerprint density at radius 2 is 2.14 bits per heavy atom. The summed E-state index contributed by atoms with van der Waals surface area (Å²) >= 11 is 6.05. The molecule has 1 aromatic heterocycles. The second-order valence-corrected chi connectivity index (χ2v) is 4.64. The lowest BCUT2D eigenvalue weighted by molar-refractivity contribution is 0.522. The van der Waals surface area contributed by atoms with Crippen LogP contribution in [0, 0.1) is 12.8 Å². The average molecular weight is 215 g/mol. The predicted octanol–water partition coefficient (Wildman–Crippen LogP) is 3.02. The number of hydrogen-bond donors (Lipinski definition) is 0. The van der Waals surface area contributed by atoms with Gasteiger partial charge in [-0.25, -0.2) is 0 Å². The summed E-state index contributed by atoms with van der Waals surface area (Å²) in [4.78, 5) is 0. The fourth-order valence-electron chi connectivity index (χ4n) is 1.53. The third kappa shape index (κ3) is 2.74. The zero-order chi connectivity index (χ0) is 10.7. The Morgan fingerprint density at radius 3 is 2.64 bits per heavy atom. The topological polar surface area (TPSA) is 17.8 Å². The first-order valence-corrected chi connectivity index (χ1v) is 5.65. The summed E-state index contributed by atoms with van der Waals surface area (Å²) in [6.45, 7) is 9.31.